The number of hydrogen-bond donors (Lipinski definition) is 1. The highest BCUT2D eigenvalue weighted by Gasteiger charge is 2.32. The van der Waals surface area contributed by atoms with E-state index in [1.54, 1.807) is 7.11 Å². The minimum Gasteiger partial charge on any atom is -0.381 e. The first kappa shape index (κ1) is 10.4. The highest BCUT2D eigenvalue weighted by atomic mass is 16.5. The van der Waals surface area contributed by atoms with Gasteiger partial charge in [-0.15, -0.1) is 0 Å². The molecule has 0 bridgehead atoms. The van der Waals surface area contributed by atoms with E-state index < -0.39 is 0 Å². The molecule has 1 aliphatic heterocycles. The first-order valence-electron chi connectivity index (χ1n) is 5.66. The van der Waals surface area contributed by atoms with E-state index in [2.05, 4.69) is 12.2 Å². The molecule has 0 amide bonds. The van der Waals surface area contributed by atoms with Crippen molar-refractivity contribution >= 4 is 0 Å². The first-order valence-corrected chi connectivity index (χ1v) is 5.66. The van der Waals surface area contributed by atoms with Crippen LogP contribution < -0.4 is 5.32 Å². The van der Waals surface area contributed by atoms with Crippen molar-refractivity contribution in [3.63, 3.8) is 0 Å². The van der Waals surface area contributed by atoms with Gasteiger partial charge in [-0.25, -0.2) is 0 Å². The predicted molar refractivity (Wildman–Crippen MR) is 55.3 cm³/mol. The van der Waals surface area contributed by atoms with Crippen LogP contribution in [0, 0.1) is 5.92 Å². The van der Waals surface area contributed by atoms with E-state index in [1.807, 2.05) is 0 Å². The summed E-state index contributed by atoms with van der Waals surface area (Å²) in [6.45, 7) is 4.10. The van der Waals surface area contributed by atoms with Gasteiger partial charge in [-0.05, 0) is 25.2 Å². The van der Waals surface area contributed by atoms with Crippen molar-refractivity contribution in [1.29, 1.82) is 0 Å². The van der Waals surface area contributed by atoms with E-state index in [0.717, 1.165) is 19.6 Å². The molecule has 0 aromatic carbocycles. The normalized spacial score (nSPS) is 43.3. The minimum absolute atomic E-state index is 0.502. The van der Waals surface area contributed by atoms with Crippen LogP contribution in [0.2, 0.25) is 0 Å². The summed E-state index contributed by atoms with van der Waals surface area (Å²) in [6, 6.07) is 1.34. The lowest BCUT2D eigenvalue weighted by Crippen LogP contribution is -2.52. The summed E-state index contributed by atoms with van der Waals surface area (Å²) in [5.41, 5.74) is 0. The molecule has 2 fully saturated rings. The molecule has 2 rings (SSSR count). The Morgan fingerprint density at radius 2 is 2.14 bits per heavy atom. The molecule has 3 nitrogen and oxygen atoms in total. The summed E-state index contributed by atoms with van der Waals surface area (Å²) in [7, 11) is 1.80. The van der Waals surface area contributed by atoms with Gasteiger partial charge in [0.05, 0.1) is 12.7 Å². The Morgan fingerprint density at radius 1 is 1.36 bits per heavy atom. The standard InChI is InChI=1S/C11H21NO2/c1-8-7-14-4-3-11(8)12-9-5-10(6-9)13-2/h8-12H,3-7H2,1-2H3. The van der Waals surface area contributed by atoms with Crippen LogP contribution in [-0.2, 0) is 9.47 Å². The number of rotatable bonds is 3. The molecule has 1 N–H and O–H groups in total. The van der Waals surface area contributed by atoms with Crippen molar-refractivity contribution in [3.05, 3.63) is 0 Å². The van der Waals surface area contributed by atoms with Gasteiger partial charge in [0.1, 0.15) is 0 Å². The van der Waals surface area contributed by atoms with Gasteiger partial charge >= 0.3 is 0 Å². The minimum atomic E-state index is 0.502. The molecule has 2 aliphatic rings. The van der Waals surface area contributed by atoms with Crippen LogP contribution in [0.4, 0.5) is 0 Å². The van der Waals surface area contributed by atoms with E-state index in [-0.39, 0.29) is 0 Å². The van der Waals surface area contributed by atoms with Crippen LogP contribution in [0.15, 0.2) is 0 Å². The fourth-order valence-corrected chi connectivity index (χ4v) is 2.32. The van der Waals surface area contributed by atoms with E-state index in [9.17, 15) is 0 Å². The third kappa shape index (κ3) is 2.27. The Bertz CT molecular complexity index is 180. The Balaban J connectivity index is 1.69. The maximum atomic E-state index is 5.42. The molecule has 1 heterocycles. The fourth-order valence-electron chi connectivity index (χ4n) is 2.32. The molecule has 0 aromatic heterocycles. The number of ether oxygens (including phenoxy) is 2. The van der Waals surface area contributed by atoms with Crippen LogP contribution in [0.25, 0.3) is 0 Å². The Morgan fingerprint density at radius 3 is 2.79 bits per heavy atom. The summed E-state index contributed by atoms with van der Waals surface area (Å²) >= 11 is 0. The van der Waals surface area contributed by atoms with Crippen LogP contribution >= 0.6 is 0 Å². The van der Waals surface area contributed by atoms with Crippen LogP contribution in [0.3, 0.4) is 0 Å². The summed E-state index contributed by atoms with van der Waals surface area (Å²) in [5, 5.41) is 3.71. The van der Waals surface area contributed by atoms with Gasteiger partial charge in [0.2, 0.25) is 0 Å². The monoisotopic (exact) mass is 199 g/mol. The zero-order valence-corrected chi connectivity index (χ0v) is 9.16. The molecular weight excluding hydrogens is 178 g/mol. The molecule has 82 valence electrons. The summed E-state index contributed by atoms with van der Waals surface area (Å²) < 4.78 is 10.7. The maximum Gasteiger partial charge on any atom is 0.0601 e. The van der Waals surface area contributed by atoms with Crippen molar-refractivity contribution in [1.82, 2.24) is 5.32 Å². The predicted octanol–water partition coefficient (Wildman–Crippen LogP) is 1.18. The van der Waals surface area contributed by atoms with Crippen molar-refractivity contribution in [2.75, 3.05) is 20.3 Å². The largest absolute Gasteiger partial charge is 0.381 e. The topological polar surface area (TPSA) is 30.5 Å². The highest BCUT2D eigenvalue weighted by Crippen LogP contribution is 2.25. The summed E-state index contributed by atoms with van der Waals surface area (Å²) in [4.78, 5) is 0. The molecule has 2 unspecified atom stereocenters. The first-order chi connectivity index (χ1) is 6.79. The molecular formula is C11H21NO2. The summed E-state index contributed by atoms with van der Waals surface area (Å²) in [6.07, 6.45) is 4.03. The molecule has 0 radical (unpaired) electrons. The van der Waals surface area contributed by atoms with E-state index in [0.29, 0.717) is 24.1 Å². The zero-order chi connectivity index (χ0) is 9.97. The number of methoxy groups -OCH3 is 1. The van der Waals surface area contributed by atoms with Gasteiger partial charge in [0, 0.05) is 25.8 Å². The average Bonchev–Trinajstić information content (AvgIpc) is 2.13. The number of nitrogens with one attached hydrogen (secondary N) is 1. The average molecular weight is 199 g/mol. The maximum absolute atomic E-state index is 5.42. The molecule has 14 heavy (non-hydrogen) atoms. The second kappa shape index (κ2) is 4.60. The second-order valence-electron chi connectivity index (χ2n) is 4.64. The van der Waals surface area contributed by atoms with Gasteiger partial charge in [0.25, 0.3) is 0 Å². The van der Waals surface area contributed by atoms with Crippen LogP contribution in [0.5, 0.6) is 0 Å². The van der Waals surface area contributed by atoms with Gasteiger partial charge in [0.15, 0.2) is 0 Å². The SMILES string of the molecule is COC1CC(NC2CCOCC2C)C1. The van der Waals surface area contributed by atoms with Crippen LogP contribution in [0.1, 0.15) is 26.2 Å². The van der Waals surface area contributed by atoms with Crippen LogP contribution in [-0.4, -0.2) is 38.5 Å². The van der Waals surface area contributed by atoms with E-state index in [4.69, 9.17) is 9.47 Å². The van der Waals surface area contributed by atoms with Gasteiger partial charge in [-0.2, -0.15) is 0 Å². The van der Waals surface area contributed by atoms with Crippen molar-refractivity contribution in [2.24, 2.45) is 5.92 Å². The molecule has 1 saturated heterocycles. The lowest BCUT2D eigenvalue weighted by Gasteiger charge is -2.40. The number of hydrogen-bond acceptors (Lipinski definition) is 3. The second-order valence-corrected chi connectivity index (χ2v) is 4.64. The van der Waals surface area contributed by atoms with E-state index >= 15 is 0 Å². The molecule has 0 aromatic rings. The fraction of sp³-hybridized carbons (Fsp3) is 1.00. The van der Waals surface area contributed by atoms with Gasteiger partial charge in [-0.1, -0.05) is 6.92 Å². The Kier molecular flexibility index (Phi) is 3.42. The zero-order valence-electron chi connectivity index (χ0n) is 9.16. The summed E-state index contributed by atoms with van der Waals surface area (Å²) in [5.74, 6) is 0.658. The molecule has 0 spiro atoms. The third-order valence-corrected chi connectivity index (χ3v) is 3.52. The smallest absolute Gasteiger partial charge is 0.0601 e. The Hall–Kier alpha value is -0.120. The highest BCUT2D eigenvalue weighted by molar-refractivity contribution is 4.90. The quantitative estimate of drug-likeness (QED) is 0.740. The molecule has 2 atom stereocenters. The Labute approximate surface area is 86.2 Å². The van der Waals surface area contributed by atoms with Crippen molar-refractivity contribution in [3.8, 4) is 0 Å². The van der Waals surface area contributed by atoms with Crippen molar-refractivity contribution < 1.29 is 9.47 Å². The third-order valence-electron chi connectivity index (χ3n) is 3.52. The van der Waals surface area contributed by atoms with Gasteiger partial charge < -0.3 is 14.8 Å². The van der Waals surface area contributed by atoms with E-state index in [1.165, 1.54) is 12.8 Å². The van der Waals surface area contributed by atoms with Gasteiger partial charge in [-0.3, -0.25) is 0 Å². The molecule has 1 aliphatic carbocycles. The lowest BCUT2D eigenvalue weighted by atomic mass is 9.86. The van der Waals surface area contributed by atoms with Crippen molar-refractivity contribution in [2.45, 2.75) is 44.4 Å². The molecule has 1 saturated carbocycles. The lowest BCUT2D eigenvalue weighted by molar-refractivity contribution is -0.00571. The molecule has 3 heteroatoms.